The predicted octanol–water partition coefficient (Wildman–Crippen LogP) is 3.85. The van der Waals surface area contributed by atoms with Crippen molar-refractivity contribution in [2.24, 2.45) is 0 Å². The molecule has 0 aliphatic carbocycles. The molecule has 1 spiro atoms. The molecule has 2 aliphatic rings. The molecule has 5 nitrogen and oxygen atoms in total. The summed E-state index contributed by atoms with van der Waals surface area (Å²) in [5.74, 6) is -1.51. The zero-order valence-electron chi connectivity index (χ0n) is 17.9. The Morgan fingerprint density at radius 1 is 1.00 bits per heavy atom. The average Bonchev–Trinajstić information content (AvgIpc) is 2.90. The van der Waals surface area contributed by atoms with Gasteiger partial charge in [-0.2, -0.15) is 5.06 Å². The molecule has 2 fully saturated rings. The van der Waals surface area contributed by atoms with Crippen LogP contribution in [0, 0.1) is 26.6 Å². The first-order chi connectivity index (χ1) is 14.3. The number of piperidine rings is 1. The van der Waals surface area contributed by atoms with Crippen molar-refractivity contribution < 1.29 is 18.8 Å². The first kappa shape index (κ1) is 20.7. The van der Waals surface area contributed by atoms with Crippen LogP contribution in [0.15, 0.2) is 36.4 Å². The van der Waals surface area contributed by atoms with Crippen molar-refractivity contribution in [3.05, 3.63) is 64.5 Å². The van der Waals surface area contributed by atoms with E-state index in [0.717, 1.165) is 22.3 Å². The van der Waals surface area contributed by atoms with Crippen molar-refractivity contribution in [2.45, 2.75) is 45.1 Å². The van der Waals surface area contributed by atoms with E-state index in [-0.39, 0.29) is 17.5 Å². The Kier molecular flexibility index (Phi) is 5.24. The third kappa shape index (κ3) is 3.15. The van der Waals surface area contributed by atoms with Crippen LogP contribution in [0.2, 0.25) is 0 Å². The monoisotopic (exact) mass is 410 g/mol. The summed E-state index contributed by atoms with van der Waals surface area (Å²) < 4.78 is 13.6. The number of hydrogen-bond donors (Lipinski definition) is 0. The zero-order valence-corrected chi connectivity index (χ0v) is 17.9. The summed E-state index contributed by atoms with van der Waals surface area (Å²) in [6.45, 7) is 7.01. The van der Waals surface area contributed by atoms with E-state index in [0.29, 0.717) is 31.6 Å². The Morgan fingerprint density at radius 2 is 1.57 bits per heavy atom. The number of amides is 1. The van der Waals surface area contributed by atoms with E-state index in [2.05, 4.69) is 0 Å². The summed E-state index contributed by atoms with van der Waals surface area (Å²) in [5.41, 5.74) is 3.41. The van der Waals surface area contributed by atoms with Crippen LogP contribution in [0.25, 0.3) is 0 Å². The zero-order chi connectivity index (χ0) is 21.6. The van der Waals surface area contributed by atoms with E-state index in [1.165, 1.54) is 12.1 Å². The third-order valence-corrected chi connectivity index (χ3v) is 6.54. The lowest BCUT2D eigenvalue weighted by Gasteiger charge is -2.42. The number of benzene rings is 2. The van der Waals surface area contributed by atoms with Crippen molar-refractivity contribution >= 4 is 17.4 Å². The minimum atomic E-state index is -0.946. The van der Waals surface area contributed by atoms with Crippen LogP contribution >= 0.6 is 0 Å². The van der Waals surface area contributed by atoms with Gasteiger partial charge in [-0.3, -0.25) is 14.5 Å². The number of nitrogens with zero attached hydrogens (tertiary/aromatic N) is 2. The molecular weight excluding hydrogens is 383 g/mol. The normalized spacial score (nSPS) is 21.6. The van der Waals surface area contributed by atoms with Gasteiger partial charge in [0.2, 0.25) is 5.91 Å². The number of anilines is 1. The molecule has 2 saturated heterocycles. The van der Waals surface area contributed by atoms with Crippen LogP contribution in [0.5, 0.6) is 0 Å². The molecular formula is C24H27FN2O3. The lowest BCUT2D eigenvalue weighted by atomic mass is 9.78. The van der Waals surface area contributed by atoms with Crippen LogP contribution < -0.4 is 4.90 Å². The molecule has 1 unspecified atom stereocenters. The number of rotatable bonds is 3. The van der Waals surface area contributed by atoms with Gasteiger partial charge in [-0.05, 0) is 74.6 Å². The molecule has 1 amide bonds. The summed E-state index contributed by atoms with van der Waals surface area (Å²) in [6, 6.07) is 9.87. The van der Waals surface area contributed by atoms with Crippen molar-refractivity contribution in [3.8, 4) is 0 Å². The molecule has 2 heterocycles. The predicted molar refractivity (Wildman–Crippen MR) is 113 cm³/mol. The molecule has 30 heavy (non-hydrogen) atoms. The minimum Gasteiger partial charge on any atom is -0.302 e. The molecule has 0 bridgehead atoms. The summed E-state index contributed by atoms with van der Waals surface area (Å²) >= 11 is 0. The van der Waals surface area contributed by atoms with E-state index in [4.69, 9.17) is 4.84 Å². The molecule has 0 N–H and O–H groups in total. The molecule has 158 valence electrons. The second-order valence-corrected chi connectivity index (χ2v) is 8.40. The number of hydrogen-bond acceptors (Lipinski definition) is 4. The van der Waals surface area contributed by atoms with Gasteiger partial charge in [0, 0.05) is 18.8 Å². The van der Waals surface area contributed by atoms with Gasteiger partial charge in [-0.15, -0.1) is 0 Å². The highest BCUT2D eigenvalue weighted by molar-refractivity contribution is 6.25. The Hall–Kier alpha value is -2.57. The maximum Gasteiger partial charge on any atom is 0.243 e. The van der Waals surface area contributed by atoms with Crippen LogP contribution in [0.4, 0.5) is 10.1 Å². The second-order valence-electron chi connectivity index (χ2n) is 8.40. The average molecular weight is 410 g/mol. The number of halogens is 1. The molecule has 4 rings (SSSR count). The Balaban J connectivity index is 1.85. The highest BCUT2D eigenvalue weighted by Gasteiger charge is 2.60. The standard InChI is InChI=1S/C24H27FN2O3/c1-15-13-16(2)20(17(3)14-15)21-22(28)24(9-11-26(30-4)12-10-24)27(23(21)29)19-7-5-18(25)6-8-19/h5-8,13-14,21H,9-12H2,1-4H3. The summed E-state index contributed by atoms with van der Waals surface area (Å²) in [4.78, 5) is 34.7. The Labute approximate surface area is 176 Å². The summed E-state index contributed by atoms with van der Waals surface area (Å²) in [7, 11) is 1.61. The number of hydroxylamine groups is 2. The molecule has 2 aromatic carbocycles. The number of Topliss-reactive ketones (excluding diaryl/α,β-unsaturated/α-hetero) is 1. The van der Waals surface area contributed by atoms with E-state index < -0.39 is 11.5 Å². The molecule has 6 heteroatoms. The van der Waals surface area contributed by atoms with E-state index >= 15 is 0 Å². The number of aryl methyl sites for hydroxylation is 3. The highest BCUT2D eigenvalue weighted by atomic mass is 19.1. The van der Waals surface area contributed by atoms with Crippen molar-refractivity contribution in [1.29, 1.82) is 0 Å². The third-order valence-electron chi connectivity index (χ3n) is 6.54. The van der Waals surface area contributed by atoms with Gasteiger partial charge >= 0.3 is 0 Å². The molecule has 0 radical (unpaired) electrons. The van der Waals surface area contributed by atoms with Gasteiger partial charge in [0.15, 0.2) is 5.78 Å². The van der Waals surface area contributed by atoms with Gasteiger partial charge in [-0.25, -0.2) is 4.39 Å². The SMILES string of the molecule is CON1CCC2(CC1)C(=O)C(c1c(C)cc(C)cc1C)C(=O)N2c1ccc(F)cc1. The van der Waals surface area contributed by atoms with Crippen LogP contribution in [0.1, 0.15) is 41.0 Å². The van der Waals surface area contributed by atoms with Gasteiger partial charge in [0.25, 0.3) is 0 Å². The van der Waals surface area contributed by atoms with Crippen molar-refractivity contribution in [1.82, 2.24) is 5.06 Å². The van der Waals surface area contributed by atoms with Gasteiger partial charge in [0.05, 0.1) is 7.11 Å². The quantitative estimate of drug-likeness (QED) is 0.722. The molecule has 0 aromatic heterocycles. The van der Waals surface area contributed by atoms with Gasteiger partial charge in [0.1, 0.15) is 17.3 Å². The smallest absolute Gasteiger partial charge is 0.243 e. The molecule has 1 atom stereocenters. The van der Waals surface area contributed by atoms with Gasteiger partial charge in [-0.1, -0.05) is 17.7 Å². The number of carbonyl (C=O) groups is 2. The fraction of sp³-hybridized carbons (Fsp3) is 0.417. The largest absolute Gasteiger partial charge is 0.302 e. The van der Waals surface area contributed by atoms with Crippen LogP contribution in [-0.2, 0) is 14.4 Å². The maximum absolute atomic E-state index is 13.9. The number of carbonyl (C=O) groups excluding carboxylic acids is 2. The summed E-state index contributed by atoms with van der Waals surface area (Å²) in [5, 5.41) is 1.81. The maximum atomic E-state index is 13.9. The Bertz CT molecular complexity index is 971. The fourth-order valence-corrected chi connectivity index (χ4v) is 5.21. The molecule has 2 aromatic rings. The lowest BCUT2D eigenvalue weighted by Crippen LogP contribution is -2.56. The number of ketones is 1. The van der Waals surface area contributed by atoms with E-state index in [9.17, 15) is 14.0 Å². The first-order valence-electron chi connectivity index (χ1n) is 10.3. The highest BCUT2D eigenvalue weighted by Crippen LogP contribution is 2.46. The molecule has 2 aliphatic heterocycles. The fourth-order valence-electron chi connectivity index (χ4n) is 5.21. The Morgan fingerprint density at radius 3 is 2.10 bits per heavy atom. The minimum absolute atomic E-state index is 0.0670. The van der Waals surface area contributed by atoms with E-state index in [1.54, 1.807) is 24.1 Å². The summed E-state index contributed by atoms with van der Waals surface area (Å²) in [6.07, 6.45) is 0.951. The molecule has 0 saturated carbocycles. The first-order valence-corrected chi connectivity index (χ1v) is 10.3. The second kappa shape index (κ2) is 7.60. The van der Waals surface area contributed by atoms with Crippen molar-refractivity contribution in [2.75, 3.05) is 25.1 Å². The van der Waals surface area contributed by atoms with Gasteiger partial charge < -0.3 is 4.84 Å². The van der Waals surface area contributed by atoms with Crippen molar-refractivity contribution in [3.63, 3.8) is 0 Å². The van der Waals surface area contributed by atoms with Crippen LogP contribution in [-0.4, -0.2) is 42.5 Å². The van der Waals surface area contributed by atoms with Crippen LogP contribution in [0.3, 0.4) is 0 Å². The lowest BCUT2D eigenvalue weighted by molar-refractivity contribution is -0.155. The van der Waals surface area contributed by atoms with E-state index in [1.807, 2.05) is 38.0 Å². The topological polar surface area (TPSA) is 49.9 Å².